The van der Waals surface area contributed by atoms with Gasteiger partial charge in [0.2, 0.25) is 0 Å². The maximum atomic E-state index is 14.7. The number of rotatable bonds is 3. The molecule has 0 aliphatic carbocycles. The quantitative estimate of drug-likeness (QED) is 0.318. The molecular weight excluding hydrogens is 558 g/mol. The summed E-state index contributed by atoms with van der Waals surface area (Å²) in [5.74, 6) is -2.32. The Hall–Kier alpha value is -2.93. The molecule has 1 saturated heterocycles. The van der Waals surface area contributed by atoms with Crippen molar-refractivity contribution in [3.63, 3.8) is 0 Å². The van der Waals surface area contributed by atoms with Gasteiger partial charge in [0.05, 0.1) is 17.8 Å². The second-order valence-corrected chi connectivity index (χ2v) is 10.2. The van der Waals surface area contributed by atoms with E-state index in [0.29, 0.717) is 40.1 Å². The Balaban J connectivity index is 1.45. The van der Waals surface area contributed by atoms with Gasteiger partial charge in [0, 0.05) is 30.6 Å². The fourth-order valence-electron chi connectivity index (χ4n) is 5.21. The van der Waals surface area contributed by atoms with E-state index >= 15 is 0 Å². The highest BCUT2D eigenvalue weighted by Crippen LogP contribution is 2.40. The number of nitrogens with zero attached hydrogens (tertiary/aromatic N) is 5. The van der Waals surface area contributed by atoms with Crippen molar-refractivity contribution in [3.8, 4) is 5.69 Å². The lowest BCUT2D eigenvalue weighted by atomic mass is 9.94. The van der Waals surface area contributed by atoms with E-state index in [1.54, 1.807) is 22.8 Å². The summed E-state index contributed by atoms with van der Waals surface area (Å²) < 4.78 is 111. The lowest BCUT2D eigenvalue weighted by Crippen LogP contribution is -2.42. The van der Waals surface area contributed by atoms with E-state index in [4.69, 9.17) is 11.6 Å². The van der Waals surface area contributed by atoms with Gasteiger partial charge in [-0.1, -0.05) is 11.6 Å². The molecule has 2 aliphatic rings. The smallest absolute Gasteiger partial charge is 0.367 e. The molecule has 5 nitrogen and oxygen atoms in total. The third-order valence-electron chi connectivity index (χ3n) is 7.33. The van der Waals surface area contributed by atoms with Crippen LogP contribution in [0.3, 0.4) is 0 Å². The Labute approximate surface area is 223 Å². The van der Waals surface area contributed by atoms with E-state index in [0.717, 1.165) is 6.92 Å². The van der Waals surface area contributed by atoms with Gasteiger partial charge in [-0.3, -0.25) is 9.47 Å². The van der Waals surface area contributed by atoms with Crippen molar-refractivity contribution in [1.82, 2.24) is 19.7 Å². The summed E-state index contributed by atoms with van der Waals surface area (Å²) in [5, 5.41) is 8.81. The van der Waals surface area contributed by atoms with Crippen LogP contribution < -0.4 is 4.90 Å². The number of halogens is 9. The highest BCUT2D eigenvalue weighted by atomic mass is 35.5. The van der Waals surface area contributed by atoms with Gasteiger partial charge >= 0.3 is 12.4 Å². The minimum absolute atomic E-state index is 0.0344. The summed E-state index contributed by atoms with van der Waals surface area (Å²) >= 11 is 6.16. The van der Waals surface area contributed by atoms with Gasteiger partial charge in [0.15, 0.2) is 11.6 Å². The second kappa shape index (κ2) is 9.92. The second-order valence-electron chi connectivity index (χ2n) is 9.72. The predicted octanol–water partition coefficient (Wildman–Crippen LogP) is 6.87. The normalized spacial score (nSPS) is 18.1. The summed E-state index contributed by atoms with van der Waals surface area (Å²) in [5.41, 5.74) is -1.16. The minimum atomic E-state index is -4.97. The Morgan fingerprint density at radius 1 is 0.949 bits per heavy atom. The summed E-state index contributed by atoms with van der Waals surface area (Å²) in [6.07, 6.45) is -8.90. The molecule has 1 unspecified atom stereocenters. The summed E-state index contributed by atoms with van der Waals surface area (Å²) in [6.45, 7) is 0.962. The topological polar surface area (TPSA) is 37.2 Å². The van der Waals surface area contributed by atoms with Gasteiger partial charge in [0.1, 0.15) is 23.4 Å². The van der Waals surface area contributed by atoms with Crippen molar-refractivity contribution >= 4 is 17.3 Å². The minimum Gasteiger partial charge on any atom is -0.367 e. The fourth-order valence-corrected chi connectivity index (χ4v) is 5.40. The average Bonchev–Trinajstić information content (AvgIpc) is 3.18. The summed E-state index contributed by atoms with van der Waals surface area (Å²) in [6, 6.07) is 4.09. The molecule has 0 spiro atoms. The molecule has 1 fully saturated rings. The van der Waals surface area contributed by atoms with Gasteiger partial charge in [-0.05, 0) is 55.7 Å². The first-order valence-corrected chi connectivity index (χ1v) is 12.5. The number of aromatic nitrogens is 3. The third kappa shape index (κ3) is 5.18. The number of benzene rings is 2. The number of alkyl halides is 6. The molecule has 0 bridgehead atoms. The van der Waals surface area contributed by atoms with Crippen LogP contribution in [-0.2, 0) is 19.3 Å². The maximum absolute atomic E-state index is 14.7. The van der Waals surface area contributed by atoms with Crippen LogP contribution in [0.25, 0.3) is 5.69 Å². The molecule has 1 atom stereocenters. The molecule has 0 N–H and O–H groups in total. The SMILES string of the molecule is CC(N1Cc2cc(Cl)ccc2-n2c(nnc2C2CCN(c3c(F)ccc(C(F)(F)F)c3F)CC2)C1)C(F)(F)F. The number of hydrogen-bond donors (Lipinski definition) is 0. The highest BCUT2D eigenvalue weighted by molar-refractivity contribution is 6.30. The van der Waals surface area contributed by atoms with Crippen molar-refractivity contribution in [3.05, 3.63) is 69.8 Å². The molecule has 0 amide bonds. The largest absolute Gasteiger partial charge is 0.419 e. The van der Waals surface area contributed by atoms with Crippen molar-refractivity contribution in [2.24, 2.45) is 0 Å². The molecule has 1 aromatic heterocycles. The molecule has 2 aliphatic heterocycles. The zero-order valence-electron chi connectivity index (χ0n) is 20.4. The number of hydrogen-bond acceptors (Lipinski definition) is 4. The molecule has 2 aromatic carbocycles. The Bertz CT molecular complexity index is 1380. The lowest BCUT2D eigenvalue weighted by molar-refractivity contribution is -0.182. The van der Waals surface area contributed by atoms with Crippen LogP contribution in [0.4, 0.5) is 40.8 Å². The van der Waals surface area contributed by atoms with Crippen LogP contribution in [-0.4, -0.2) is 45.0 Å². The Morgan fingerprint density at radius 3 is 2.28 bits per heavy atom. The third-order valence-corrected chi connectivity index (χ3v) is 7.56. The molecule has 0 saturated carbocycles. The van der Waals surface area contributed by atoms with E-state index in [-0.39, 0.29) is 44.9 Å². The van der Waals surface area contributed by atoms with Crippen molar-refractivity contribution < 1.29 is 35.1 Å². The lowest BCUT2D eigenvalue weighted by Gasteiger charge is -2.34. The Morgan fingerprint density at radius 2 is 1.64 bits per heavy atom. The molecule has 0 radical (unpaired) electrons. The van der Waals surface area contributed by atoms with Gasteiger partial charge in [-0.2, -0.15) is 26.3 Å². The standard InChI is InChI=1S/C25H22ClF8N5/c1-13(24(29,30)31)38-11-15-10-16(26)2-5-19(15)39-20(12-38)35-36-23(39)14-6-8-37(9-7-14)22-18(27)4-3-17(21(22)28)25(32,33)34/h2-5,10,13-14H,6-9,11-12H2,1H3. The Kier molecular flexibility index (Phi) is 7.03. The molecule has 39 heavy (non-hydrogen) atoms. The number of fused-ring (bicyclic) bond motifs is 3. The van der Waals surface area contributed by atoms with Gasteiger partial charge in [0.25, 0.3) is 0 Å². The highest BCUT2D eigenvalue weighted by Gasteiger charge is 2.42. The average molecular weight is 580 g/mol. The fraction of sp³-hybridized carbons (Fsp3) is 0.440. The van der Waals surface area contributed by atoms with Gasteiger partial charge in [-0.15, -0.1) is 10.2 Å². The molecule has 3 heterocycles. The molecule has 3 aromatic rings. The molecule has 14 heteroatoms. The van der Waals surface area contributed by atoms with Crippen molar-refractivity contribution in [1.29, 1.82) is 0 Å². The first-order chi connectivity index (χ1) is 18.3. The maximum Gasteiger partial charge on any atom is 0.419 e. The van der Waals surface area contributed by atoms with E-state index in [2.05, 4.69) is 10.2 Å². The summed E-state index contributed by atoms with van der Waals surface area (Å²) in [4.78, 5) is 2.46. The first kappa shape index (κ1) is 27.6. The zero-order valence-corrected chi connectivity index (χ0v) is 21.2. The van der Waals surface area contributed by atoms with Crippen LogP contribution >= 0.6 is 11.6 Å². The van der Waals surface area contributed by atoms with E-state index < -0.39 is 41.3 Å². The van der Waals surface area contributed by atoms with Crippen molar-refractivity contribution in [2.45, 2.75) is 57.2 Å². The van der Waals surface area contributed by atoms with E-state index in [1.165, 1.54) is 9.80 Å². The zero-order chi connectivity index (χ0) is 28.3. The number of piperidine rings is 1. The van der Waals surface area contributed by atoms with Crippen LogP contribution in [0.5, 0.6) is 0 Å². The first-order valence-electron chi connectivity index (χ1n) is 12.1. The molecule has 5 rings (SSSR count). The van der Waals surface area contributed by atoms with Crippen LogP contribution in [0.2, 0.25) is 5.02 Å². The van der Waals surface area contributed by atoms with Gasteiger partial charge < -0.3 is 4.90 Å². The van der Waals surface area contributed by atoms with Crippen molar-refractivity contribution in [2.75, 3.05) is 18.0 Å². The van der Waals surface area contributed by atoms with Gasteiger partial charge in [-0.25, -0.2) is 8.78 Å². The predicted molar refractivity (Wildman–Crippen MR) is 127 cm³/mol. The van der Waals surface area contributed by atoms with Crippen LogP contribution in [0.1, 0.15) is 48.5 Å². The monoisotopic (exact) mass is 579 g/mol. The molecule has 210 valence electrons. The van der Waals surface area contributed by atoms with E-state index in [9.17, 15) is 35.1 Å². The number of anilines is 1. The van der Waals surface area contributed by atoms with Crippen LogP contribution in [0.15, 0.2) is 30.3 Å². The molecular formula is C25H22ClF8N5. The van der Waals surface area contributed by atoms with Crippen LogP contribution in [0, 0.1) is 11.6 Å². The van der Waals surface area contributed by atoms with E-state index in [1.807, 2.05) is 0 Å². The summed E-state index contributed by atoms with van der Waals surface area (Å²) in [7, 11) is 0.